The van der Waals surface area contributed by atoms with Crippen molar-refractivity contribution in [2.45, 2.75) is 23.2 Å². The molecule has 21 heavy (non-hydrogen) atoms. The lowest BCUT2D eigenvalue weighted by Crippen LogP contribution is -2.38. The number of sulfone groups is 1. The molecule has 1 aromatic rings. The Morgan fingerprint density at radius 3 is 2.62 bits per heavy atom. The Bertz CT molecular complexity index is 749. The van der Waals surface area contributed by atoms with Crippen LogP contribution >= 0.6 is 11.6 Å². The molecule has 1 aliphatic heterocycles. The Morgan fingerprint density at radius 2 is 2.10 bits per heavy atom. The third-order valence-corrected chi connectivity index (χ3v) is 7.51. The van der Waals surface area contributed by atoms with Crippen LogP contribution in [0.25, 0.3) is 0 Å². The Labute approximate surface area is 128 Å². The minimum Gasteiger partial charge on any atom is -0.229 e. The standard InChI is InChI=1S/C12H15ClFNO4S2/c1-15(10-4-5-20(16,17)8-10)21(18,19)12-6-9(7-13)2-3-11(12)14/h2-3,6,10H,4-5,7-8H2,1H3. The van der Waals surface area contributed by atoms with Crippen LogP contribution in [0.15, 0.2) is 23.1 Å². The number of hydrogen-bond acceptors (Lipinski definition) is 4. The van der Waals surface area contributed by atoms with Crippen LogP contribution in [0.2, 0.25) is 0 Å². The van der Waals surface area contributed by atoms with Gasteiger partial charge < -0.3 is 0 Å². The minimum absolute atomic E-state index is 0.0538. The average molecular weight is 356 g/mol. The highest BCUT2D eigenvalue weighted by Crippen LogP contribution is 2.26. The molecule has 0 radical (unpaired) electrons. The number of rotatable bonds is 4. The van der Waals surface area contributed by atoms with Gasteiger partial charge >= 0.3 is 0 Å². The van der Waals surface area contributed by atoms with Crippen molar-refractivity contribution in [3.63, 3.8) is 0 Å². The molecule has 5 nitrogen and oxygen atoms in total. The predicted octanol–water partition coefficient (Wildman–Crippen LogP) is 1.37. The zero-order chi connectivity index (χ0) is 15.8. The first-order chi connectivity index (χ1) is 9.67. The SMILES string of the molecule is CN(C1CCS(=O)(=O)C1)S(=O)(=O)c1cc(CCl)ccc1F. The van der Waals surface area contributed by atoms with E-state index < -0.39 is 36.6 Å². The Kier molecular flexibility index (Phi) is 4.63. The third-order valence-electron chi connectivity index (χ3n) is 3.53. The number of alkyl halides is 1. The molecule has 0 saturated carbocycles. The summed E-state index contributed by atoms with van der Waals surface area (Å²) in [6.07, 6.45) is 0.217. The van der Waals surface area contributed by atoms with Crippen LogP contribution in [0.5, 0.6) is 0 Å². The fraction of sp³-hybridized carbons (Fsp3) is 0.500. The van der Waals surface area contributed by atoms with E-state index in [0.29, 0.717) is 5.56 Å². The van der Waals surface area contributed by atoms with Gasteiger partial charge in [0.05, 0.1) is 11.5 Å². The zero-order valence-electron chi connectivity index (χ0n) is 11.3. The van der Waals surface area contributed by atoms with Gasteiger partial charge in [-0.05, 0) is 24.1 Å². The quantitative estimate of drug-likeness (QED) is 0.765. The topological polar surface area (TPSA) is 71.5 Å². The zero-order valence-corrected chi connectivity index (χ0v) is 13.7. The van der Waals surface area contributed by atoms with Gasteiger partial charge in [-0.1, -0.05) is 6.07 Å². The molecule has 0 bridgehead atoms. The first kappa shape index (κ1) is 16.7. The summed E-state index contributed by atoms with van der Waals surface area (Å²) in [7, 11) is -6.06. The highest BCUT2D eigenvalue weighted by Gasteiger charge is 2.37. The molecule has 1 atom stereocenters. The molecule has 1 fully saturated rings. The van der Waals surface area contributed by atoms with Crippen molar-refractivity contribution in [1.82, 2.24) is 4.31 Å². The van der Waals surface area contributed by atoms with Crippen molar-refractivity contribution in [2.75, 3.05) is 18.6 Å². The lowest BCUT2D eigenvalue weighted by Gasteiger charge is -2.23. The normalized spacial score (nSPS) is 21.8. The van der Waals surface area contributed by atoms with E-state index >= 15 is 0 Å². The van der Waals surface area contributed by atoms with Gasteiger partial charge in [-0.2, -0.15) is 4.31 Å². The van der Waals surface area contributed by atoms with Crippen molar-refractivity contribution in [3.05, 3.63) is 29.6 Å². The van der Waals surface area contributed by atoms with Crippen LogP contribution in [0, 0.1) is 5.82 Å². The largest absolute Gasteiger partial charge is 0.246 e. The Hall–Kier alpha value is -0.700. The summed E-state index contributed by atoms with van der Waals surface area (Å²) in [5.74, 6) is -1.11. The molecule has 0 aromatic heterocycles. The van der Waals surface area contributed by atoms with Crippen LogP contribution in [0.4, 0.5) is 4.39 Å². The molecule has 1 aromatic carbocycles. The molecule has 1 aliphatic rings. The molecule has 2 rings (SSSR count). The molecule has 0 amide bonds. The van der Waals surface area contributed by atoms with Crippen LogP contribution in [0.1, 0.15) is 12.0 Å². The lowest BCUT2D eigenvalue weighted by molar-refractivity contribution is 0.391. The maximum absolute atomic E-state index is 13.8. The highest BCUT2D eigenvalue weighted by molar-refractivity contribution is 7.92. The van der Waals surface area contributed by atoms with Crippen molar-refractivity contribution >= 4 is 31.5 Å². The molecular formula is C12H15ClFNO4S2. The van der Waals surface area contributed by atoms with Crippen LogP contribution in [-0.4, -0.2) is 45.7 Å². The van der Waals surface area contributed by atoms with E-state index in [9.17, 15) is 21.2 Å². The van der Waals surface area contributed by atoms with Gasteiger partial charge in [0.15, 0.2) is 9.84 Å². The fourth-order valence-corrected chi connectivity index (χ4v) is 5.77. The Balaban J connectivity index is 2.38. The van der Waals surface area contributed by atoms with Gasteiger partial charge in [0, 0.05) is 19.0 Å². The lowest BCUT2D eigenvalue weighted by atomic mass is 10.2. The summed E-state index contributed by atoms with van der Waals surface area (Å²) in [5.41, 5.74) is 0.476. The number of sulfonamides is 1. The highest BCUT2D eigenvalue weighted by atomic mass is 35.5. The minimum atomic E-state index is -4.10. The first-order valence-electron chi connectivity index (χ1n) is 6.20. The second kappa shape index (κ2) is 5.83. The maximum atomic E-state index is 13.8. The number of halogens is 2. The smallest absolute Gasteiger partial charge is 0.229 e. The van der Waals surface area contributed by atoms with Crippen molar-refractivity contribution in [1.29, 1.82) is 0 Å². The summed E-state index contributed by atoms with van der Waals surface area (Å²) >= 11 is 5.64. The van der Waals surface area contributed by atoms with E-state index in [1.807, 2.05) is 0 Å². The second-order valence-corrected chi connectivity index (χ2v) is 9.44. The molecule has 0 aliphatic carbocycles. The second-order valence-electron chi connectivity index (χ2n) is 4.98. The molecule has 1 unspecified atom stereocenters. The van der Waals surface area contributed by atoms with Gasteiger partial charge in [0.1, 0.15) is 10.7 Å². The van der Waals surface area contributed by atoms with Crippen molar-refractivity contribution in [3.8, 4) is 0 Å². The maximum Gasteiger partial charge on any atom is 0.246 e. The van der Waals surface area contributed by atoms with Crippen LogP contribution in [-0.2, 0) is 25.7 Å². The van der Waals surface area contributed by atoms with E-state index in [0.717, 1.165) is 10.4 Å². The van der Waals surface area contributed by atoms with Crippen molar-refractivity contribution < 1.29 is 21.2 Å². The molecule has 0 spiro atoms. The summed E-state index contributed by atoms with van der Waals surface area (Å²) in [4.78, 5) is -0.479. The van der Waals surface area contributed by atoms with E-state index in [-0.39, 0.29) is 23.8 Å². The van der Waals surface area contributed by atoms with E-state index in [2.05, 4.69) is 0 Å². The van der Waals surface area contributed by atoms with Crippen LogP contribution < -0.4 is 0 Å². The molecular weight excluding hydrogens is 341 g/mol. The third kappa shape index (κ3) is 3.39. The summed E-state index contributed by atoms with van der Waals surface area (Å²) in [6, 6.07) is 2.96. The average Bonchev–Trinajstić information content (AvgIpc) is 2.78. The van der Waals surface area contributed by atoms with Gasteiger partial charge in [0.25, 0.3) is 0 Å². The number of benzene rings is 1. The first-order valence-corrected chi connectivity index (χ1v) is 10.00. The van der Waals surface area contributed by atoms with Gasteiger partial charge in [-0.25, -0.2) is 21.2 Å². The summed E-state index contributed by atoms with van der Waals surface area (Å²) in [5, 5.41) is 0. The van der Waals surface area contributed by atoms with E-state index in [1.165, 1.54) is 19.2 Å². The van der Waals surface area contributed by atoms with E-state index in [1.54, 1.807) is 0 Å². The number of nitrogens with zero attached hydrogens (tertiary/aromatic N) is 1. The Morgan fingerprint density at radius 1 is 1.43 bits per heavy atom. The van der Waals surface area contributed by atoms with Gasteiger partial charge in [0.2, 0.25) is 10.0 Å². The molecule has 1 heterocycles. The molecule has 1 saturated heterocycles. The van der Waals surface area contributed by atoms with Crippen LogP contribution in [0.3, 0.4) is 0 Å². The fourth-order valence-electron chi connectivity index (χ4n) is 2.24. The molecule has 118 valence electrons. The summed E-state index contributed by atoms with van der Waals surface area (Å²) in [6.45, 7) is 0. The monoisotopic (exact) mass is 355 g/mol. The molecule has 9 heteroatoms. The predicted molar refractivity (Wildman–Crippen MR) is 78.0 cm³/mol. The van der Waals surface area contributed by atoms with Gasteiger partial charge in [-0.15, -0.1) is 11.6 Å². The van der Waals surface area contributed by atoms with Crippen molar-refractivity contribution in [2.24, 2.45) is 0 Å². The summed E-state index contributed by atoms with van der Waals surface area (Å²) < 4.78 is 62.6. The molecule has 0 N–H and O–H groups in total. The number of hydrogen-bond donors (Lipinski definition) is 0. The van der Waals surface area contributed by atoms with E-state index in [4.69, 9.17) is 11.6 Å². The van der Waals surface area contributed by atoms with Gasteiger partial charge in [-0.3, -0.25) is 0 Å².